The summed E-state index contributed by atoms with van der Waals surface area (Å²) in [5.74, 6) is -1.30. The maximum absolute atomic E-state index is 12.4. The Morgan fingerprint density at radius 1 is 1.24 bits per heavy atom. The predicted molar refractivity (Wildman–Crippen MR) is 105 cm³/mol. The molecule has 11 heteroatoms. The van der Waals surface area contributed by atoms with Crippen LogP contribution in [0.3, 0.4) is 0 Å². The molecule has 0 aliphatic carbocycles. The van der Waals surface area contributed by atoms with Crippen molar-refractivity contribution in [3.05, 3.63) is 69.3 Å². The second-order valence-electron chi connectivity index (χ2n) is 6.50. The molecule has 0 radical (unpaired) electrons. The lowest BCUT2D eigenvalue weighted by Gasteiger charge is -2.17. The molecular formula is C18H18N4O6S. The molecule has 152 valence electrons. The van der Waals surface area contributed by atoms with Crippen LogP contribution in [-0.4, -0.2) is 38.4 Å². The van der Waals surface area contributed by atoms with Crippen LogP contribution < -0.4 is 14.9 Å². The first-order valence-corrected chi connectivity index (χ1v) is 10.3. The normalized spacial score (nSPS) is 13.8. The van der Waals surface area contributed by atoms with Gasteiger partial charge in [0.15, 0.2) is 0 Å². The first-order valence-electron chi connectivity index (χ1n) is 8.60. The molecule has 2 aromatic carbocycles. The van der Waals surface area contributed by atoms with E-state index in [9.17, 15) is 28.1 Å². The number of amides is 3. The van der Waals surface area contributed by atoms with Gasteiger partial charge in [0.2, 0.25) is 10.0 Å². The molecule has 0 atom stereocenters. The molecule has 1 aliphatic heterocycles. The topological polar surface area (TPSA) is 139 Å². The zero-order valence-corrected chi connectivity index (χ0v) is 16.2. The van der Waals surface area contributed by atoms with Gasteiger partial charge in [-0.2, -0.15) is 0 Å². The first kappa shape index (κ1) is 20.3. The molecule has 29 heavy (non-hydrogen) atoms. The van der Waals surface area contributed by atoms with Gasteiger partial charge in [0, 0.05) is 36.5 Å². The second-order valence-corrected chi connectivity index (χ2v) is 8.22. The largest absolute Gasteiger partial charge is 0.336 e. The summed E-state index contributed by atoms with van der Waals surface area (Å²) >= 11 is 0. The molecule has 1 saturated heterocycles. The average molecular weight is 418 g/mol. The molecule has 1 aliphatic rings. The number of benzene rings is 2. The molecule has 0 unspecified atom stereocenters. The number of nitro benzene ring substituents is 1. The lowest BCUT2D eigenvalue weighted by Crippen LogP contribution is -2.32. The van der Waals surface area contributed by atoms with E-state index < -0.39 is 26.6 Å². The minimum Gasteiger partial charge on any atom is -0.336 e. The van der Waals surface area contributed by atoms with E-state index in [-0.39, 0.29) is 17.3 Å². The first-order chi connectivity index (χ1) is 13.7. The van der Waals surface area contributed by atoms with E-state index in [1.54, 1.807) is 17.9 Å². The van der Waals surface area contributed by atoms with E-state index in [4.69, 9.17) is 0 Å². The maximum atomic E-state index is 12.4. The molecule has 3 amide bonds. The van der Waals surface area contributed by atoms with Gasteiger partial charge in [-0.15, -0.1) is 0 Å². The number of hydrogen-bond acceptors (Lipinski definition) is 6. The predicted octanol–water partition coefficient (Wildman–Crippen LogP) is 1.69. The highest BCUT2D eigenvalue weighted by atomic mass is 32.2. The molecule has 1 fully saturated rings. The molecule has 10 nitrogen and oxygen atoms in total. The van der Waals surface area contributed by atoms with Crippen LogP contribution in [0, 0.1) is 17.0 Å². The zero-order valence-electron chi connectivity index (χ0n) is 15.4. The summed E-state index contributed by atoms with van der Waals surface area (Å²) in [6.45, 7) is 2.76. The number of anilines is 1. The number of rotatable bonds is 6. The highest BCUT2D eigenvalue weighted by Gasteiger charge is 2.24. The molecule has 0 spiro atoms. The van der Waals surface area contributed by atoms with Gasteiger partial charge in [-0.05, 0) is 36.2 Å². The molecular weight excluding hydrogens is 400 g/mol. The molecule has 1 heterocycles. The number of sulfonamides is 1. The molecule has 0 saturated carbocycles. The Hall–Kier alpha value is -3.47. The van der Waals surface area contributed by atoms with Gasteiger partial charge in [0.1, 0.15) is 0 Å². The van der Waals surface area contributed by atoms with Crippen molar-refractivity contribution in [2.45, 2.75) is 12.7 Å². The third-order valence-electron chi connectivity index (χ3n) is 4.36. The highest BCUT2D eigenvalue weighted by molar-refractivity contribution is 7.89. The fourth-order valence-electron chi connectivity index (χ4n) is 2.97. The second kappa shape index (κ2) is 7.87. The maximum Gasteiger partial charge on any atom is 0.322 e. The van der Waals surface area contributed by atoms with Gasteiger partial charge in [-0.1, -0.05) is 12.1 Å². The summed E-state index contributed by atoms with van der Waals surface area (Å²) in [6, 6.07) is 9.37. The van der Waals surface area contributed by atoms with Crippen LogP contribution in [0.25, 0.3) is 0 Å². The summed E-state index contributed by atoms with van der Waals surface area (Å²) < 4.78 is 26.5. The SMILES string of the molecule is Cc1cc(C(=O)NS(=O)(=O)Cc2ccc([N+](=O)[O-])cc2)ccc1N1CCNC1=O. The van der Waals surface area contributed by atoms with E-state index in [0.29, 0.717) is 29.9 Å². The number of nitro groups is 1. The number of non-ortho nitro benzene ring substituents is 1. The summed E-state index contributed by atoms with van der Waals surface area (Å²) in [5, 5.41) is 13.3. The number of carbonyl (C=O) groups excluding carboxylic acids is 2. The molecule has 0 aromatic heterocycles. The van der Waals surface area contributed by atoms with Crippen molar-refractivity contribution in [1.82, 2.24) is 10.0 Å². The Labute approximate surface area is 166 Å². The fraction of sp³-hybridized carbons (Fsp3) is 0.222. The van der Waals surface area contributed by atoms with Gasteiger partial charge in [-0.3, -0.25) is 19.8 Å². The van der Waals surface area contributed by atoms with Crippen molar-refractivity contribution in [3.8, 4) is 0 Å². The van der Waals surface area contributed by atoms with Crippen molar-refractivity contribution >= 4 is 33.3 Å². The number of urea groups is 1. The minimum atomic E-state index is -4.01. The Balaban J connectivity index is 1.70. The number of aryl methyl sites for hydroxylation is 1. The van der Waals surface area contributed by atoms with Crippen LogP contribution >= 0.6 is 0 Å². The van der Waals surface area contributed by atoms with E-state index in [0.717, 1.165) is 0 Å². The Kier molecular flexibility index (Phi) is 5.50. The standard InChI is InChI=1S/C18H18N4O6S/c1-12-10-14(4-7-16(12)21-9-8-19-18(21)24)17(23)20-29(27,28)11-13-2-5-15(6-3-13)22(25)26/h2-7,10H,8-9,11H2,1H3,(H,19,24)(H,20,23). The summed E-state index contributed by atoms with van der Waals surface area (Å²) in [7, 11) is -4.01. The Morgan fingerprint density at radius 3 is 2.48 bits per heavy atom. The van der Waals surface area contributed by atoms with Crippen LogP contribution in [0.1, 0.15) is 21.5 Å². The minimum absolute atomic E-state index is 0.137. The monoisotopic (exact) mass is 418 g/mol. The Bertz CT molecular complexity index is 1080. The number of carbonyl (C=O) groups is 2. The summed E-state index contributed by atoms with van der Waals surface area (Å²) in [5.41, 5.74) is 1.59. The molecule has 2 N–H and O–H groups in total. The van der Waals surface area contributed by atoms with Crippen LogP contribution in [0.2, 0.25) is 0 Å². The van der Waals surface area contributed by atoms with Crippen molar-refractivity contribution in [3.63, 3.8) is 0 Å². The number of nitrogens with one attached hydrogen (secondary N) is 2. The summed E-state index contributed by atoms with van der Waals surface area (Å²) in [4.78, 5) is 35.8. The van der Waals surface area contributed by atoms with Crippen LogP contribution in [-0.2, 0) is 15.8 Å². The van der Waals surface area contributed by atoms with E-state index >= 15 is 0 Å². The lowest BCUT2D eigenvalue weighted by molar-refractivity contribution is -0.384. The smallest absolute Gasteiger partial charge is 0.322 e. The van der Waals surface area contributed by atoms with Gasteiger partial charge < -0.3 is 5.32 Å². The number of hydrogen-bond donors (Lipinski definition) is 2. The van der Waals surface area contributed by atoms with Crippen molar-refractivity contribution in [2.24, 2.45) is 0 Å². The third kappa shape index (κ3) is 4.69. The van der Waals surface area contributed by atoms with E-state index in [1.807, 2.05) is 4.72 Å². The highest BCUT2D eigenvalue weighted by Crippen LogP contribution is 2.23. The van der Waals surface area contributed by atoms with Crippen LogP contribution in [0.4, 0.5) is 16.2 Å². The van der Waals surface area contributed by atoms with E-state index in [1.165, 1.54) is 36.4 Å². The van der Waals surface area contributed by atoms with Gasteiger partial charge in [-0.25, -0.2) is 17.9 Å². The fourth-order valence-corrected chi connectivity index (χ4v) is 4.07. The van der Waals surface area contributed by atoms with Crippen molar-refractivity contribution in [2.75, 3.05) is 18.0 Å². The van der Waals surface area contributed by atoms with Gasteiger partial charge >= 0.3 is 6.03 Å². The Morgan fingerprint density at radius 2 is 1.93 bits per heavy atom. The van der Waals surface area contributed by atoms with E-state index in [2.05, 4.69) is 5.32 Å². The molecule has 3 rings (SSSR count). The van der Waals surface area contributed by atoms with Gasteiger partial charge in [0.25, 0.3) is 11.6 Å². The third-order valence-corrected chi connectivity index (χ3v) is 5.57. The number of nitrogens with zero attached hydrogens (tertiary/aromatic N) is 2. The van der Waals surface area contributed by atoms with Crippen molar-refractivity contribution in [1.29, 1.82) is 0 Å². The average Bonchev–Trinajstić information content (AvgIpc) is 3.07. The molecule has 2 aromatic rings. The summed E-state index contributed by atoms with van der Waals surface area (Å²) in [6.07, 6.45) is 0. The molecule has 0 bridgehead atoms. The van der Waals surface area contributed by atoms with Crippen LogP contribution in [0.5, 0.6) is 0 Å². The zero-order chi connectivity index (χ0) is 21.2. The quantitative estimate of drug-likeness (QED) is 0.541. The van der Waals surface area contributed by atoms with Gasteiger partial charge in [0.05, 0.1) is 10.7 Å². The van der Waals surface area contributed by atoms with Crippen LogP contribution in [0.15, 0.2) is 42.5 Å². The van der Waals surface area contributed by atoms with Crippen molar-refractivity contribution < 1.29 is 22.9 Å². The lowest BCUT2D eigenvalue weighted by atomic mass is 10.1.